The van der Waals surface area contributed by atoms with Gasteiger partial charge < -0.3 is 0 Å². The summed E-state index contributed by atoms with van der Waals surface area (Å²) in [4.78, 5) is 10.9. The molecule has 4 aromatic heterocycles. The maximum Gasteiger partial charge on any atom is 0.0880 e. The van der Waals surface area contributed by atoms with Crippen molar-refractivity contribution in [1.29, 1.82) is 0 Å². The molecule has 41 heavy (non-hydrogen) atoms. The largest absolute Gasteiger partial charge is 0.255 e. The number of hydrogen-bond acceptors (Lipinski definition) is 4. The quantitative estimate of drug-likeness (QED) is 0.169. The standard InChI is InChI=1S/C36H27IN2S2/c1-21-11-22(2)14-29(13-21)33-35-27(7-9-38-33)19-31(40-35)26-6-4-5-24(17-26)16-25-12-23(3)15-30(18-25)34-36-28(8-10-39-34)20-32(37)41-36/h4-15,17-20H,16H2,1-3H3. The summed E-state index contributed by atoms with van der Waals surface area (Å²) in [6.45, 7) is 6.48. The van der Waals surface area contributed by atoms with E-state index in [1.54, 1.807) is 0 Å². The van der Waals surface area contributed by atoms with E-state index in [1.807, 2.05) is 35.1 Å². The first-order valence-electron chi connectivity index (χ1n) is 13.6. The molecule has 0 amide bonds. The lowest BCUT2D eigenvalue weighted by Gasteiger charge is -2.10. The van der Waals surface area contributed by atoms with Crippen LogP contribution in [-0.4, -0.2) is 9.97 Å². The van der Waals surface area contributed by atoms with Crippen molar-refractivity contribution >= 4 is 65.4 Å². The van der Waals surface area contributed by atoms with Crippen molar-refractivity contribution in [2.75, 3.05) is 0 Å². The van der Waals surface area contributed by atoms with Crippen molar-refractivity contribution in [3.8, 4) is 33.0 Å². The lowest BCUT2D eigenvalue weighted by Crippen LogP contribution is -1.92. The maximum absolute atomic E-state index is 4.81. The molecule has 0 saturated heterocycles. The van der Waals surface area contributed by atoms with E-state index in [0.717, 1.165) is 17.8 Å². The van der Waals surface area contributed by atoms with Gasteiger partial charge in [0.15, 0.2) is 0 Å². The smallest absolute Gasteiger partial charge is 0.0880 e. The highest BCUT2D eigenvalue weighted by Gasteiger charge is 2.13. The Balaban J connectivity index is 1.23. The Labute approximate surface area is 261 Å². The predicted molar refractivity (Wildman–Crippen MR) is 185 cm³/mol. The van der Waals surface area contributed by atoms with Crippen molar-refractivity contribution in [3.05, 3.63) is 128 Å². The van der Waals surface area contributed by atoms with Crippen LogP contribution in [0.3, 0.4) is 0 Å². The van der Waals surface area contributed by atoms with Gasteiger partial charge in [0.05, 0.1) is 23.7 Å². The topological polar surface area (TPSA) is 25.8 Å². The van der Waals surface area contributed by atoms with Crippen LogP contribution in [-0.2, 0) is 6.42 Å². The zero-order chi connectivity index (χ0) is 28.1. The lowest BCUT2D eigenvalue weighted by molar-refractivity contribution is 1.18. The minimum atomic E-state index is 0.876. The van der Waals surface area contributed by atoms with Gasteiger partial charge in [0.1, 0.15) is 0 Å². The summed E-state index contributed by atoms with van der Waals surface area (Å²) < 4.78 is 3.79. The Morgan fingerprint density at radius 3 is 1.93 bits per heavy atom. The zero-order valence-corrected chi connectivity index (χ0v) is 26.8. The molecule has 7 aromatic rings. The molecular weight excluding hydrogens is 651 g/mol. The fraction of sp³-hybridized carbons (Fsp3) is 0.111. The molecule has 0 saturated carbocycles. The van der Waals surface area contributed by atoms with Crippen LogP contribution >= 0.6 is 45.3 Å². The van der Waals surface area contributed by atoms with E-state index in [2.05, 4.69) is 128 Å². The highest BCUT2D eigenvalue weighted by molar-refractivity contribution is 14.1. The summed E-state index contributed by atoms with van der Waals surface area (Å²) in [7, 11) is 0. The number of aryl methyl sites for hydroxylation is 3. The second-order valence-electron chi connectivity index (χ2n) is 10.8. The minimum Gasteiger partial charge on any atom is -0.255 e. The van der Waals surface area contributed by atoms with E-state index in [9.17, 15) is 0 Å². The van der Waals surface area contributed by atoms with Gasteiger partial charge in [-0.05, 0) is 126 Å². The second-order valence-corrected chi connectivity index (χ2v) is 14.8. The average molecular weight is 679 g/mol. The third-order valence-electron chi connectivity index (χ3n) is 7.36. The molecule has 0 aliphatic heterocycles. The summed E-state index contributed by atoms with van der Waals surface area (Å²) in [6.07, 6.45) is 4.74. The number of halogens is 1. The van der Waals surface area contributed by atoms with Crippen LogP contribution in [0.2, 0.25) is 0 Å². The number of hydrogen-bond donors (Lipinski definition) is 0. The van der Waals surface area contributed by atoms with Gasteiger partial charge in [-0.25, -0.2) is 0 Å². The molecule has 2 nitrogen and oxygen atoms in total. The highest BCUT2D eigenvalue weighted by atomic mass is 127. The fourth-order valence-electron chi connectivity index (χ4n) is 5.73. The third kappa shape index (κ3) is 5.34. The first-order chi connectivity index (χ1) is 19.9. The van der Waals surface area contributed by atoms with Gasteiger partial charge >= 0.3 is 0 Å². The first-order valence-corrected chi connectivity index (χ1v) is 16.3. The van der Waals surface area contributed by atoms with Crippen LogP contribution in [0.15, 0.2) is 97.3 Å². The van der Waals surface area contributed by atoms with Gasteiger partial charge in [-0.2, -0.15) is 0 Å². The Kier molecular flexibility index (Phi) is 6.97. The van der Waals surface area contributed by atoms with Gasteiger partial charge in [0.2, 0.25) is 0 Å². The third-order valence-corrected chi connectivity index (χ3v) is 10.5. The van der Waals surface area contributed by atoms with E-state index in [1.165, 1.54) is 72.4 Å². The Hall–Kier alpha value is -3.39. The number of aromatic nitrogens is 2. The van der Waals surface area contributed by atoms with E-state index >= 15 is 0 Å². The number of pyridine rings is 2. The molecule has 0 N–H and O–H groups in total. The van der Waals surface area contributed by atoms with E-state index in [4.69, 9.17) is 9.97 Å². The summed E-state index contributed by atoms with van der Waals surface area (Å²) in [5.41, 5.74) is 12.2. The van der Waals surface area contributed by atoms with Crippen molar-refractivity contribution in [3.63, 3.8) is 0 Å². The minimum absolute atomic E-state index is 0.876. The first kappa shape index (κ1) is 26.5. The van der Waals surface area contributed by atoms with Gasteiger partial charge in [-0.15, -0.1) is 22.7 Å². The summed E-state index contributed by atoms with van der Waals surface area (Å²) in [5.74, 6) is 0. The number of benzene rings is 3. The molecule has 7 rings (SSSR count). The molecular formula is C36H27IN2S2. The van der Waals surface area contributed by atoms with Gasteiger partial charge in [0.25, 0.3) is 0 Å². The van der Waals surface area contributed by atoms with Crippen LogP contribution in [0.25, 0.3) is 53.1 Å². The van der Waals surface area contributed by atoms with Crippen LogP contribution in [0.1, 0.15) is 27.8 Å². The lowest BCUT2D eigenvalue weighted by atomic mass is 9.97. The van der Waals surface area contributed by atoms with Crippen LogP contribution < -0.4 is 0 Å². The molecule has 200 valence electrons. The molecule has 0 radical (unpaired) electrons. The molecule has 0 atom stereocenters. The average Bonchev–Trinajstić information content (AvgIpc) is 3.55. The van der Waals surface area contributed by atoms with Gasteiger partial charge in [-0.1, -0.05) is 53.1 Å². The molecule has 4 heterocycles. The van der Waals surface area contributed by atoms with E-state index < -0.39 is 0 Å². The number of fused-ring (bicyclic) bond motifs is 2. The highest BCUT2D eigenvalue weighted by Crippen LogP contribution is 2.39. The van der Waals surface area contributed by atoms with E-state index in [0.29, 0.717) is 0 Å². The second kappa shape index (κ2) is 10.8. The fourth-order valence-corrected chi connectivity index (χ4v) is 8.79. The summed E-state index contributed by atoms with van der Waals surface area (Å²) in [6, 6.07) is 31.3. The number of rotatable bonds is 5. The van der Waals surface area contributed by atoms with Gasteiger partial charge in [-0.3, -0.25) is 9.97 Å². The van der Waals surface area contributed by atoms with Gasteiger partial charge in [0, 0.05) is 28.4 Å². The Morgan fingerprint density at radius 1 is 0.585 bits per heavy atom. The summed E-state index contributed by atoms with van der Waals surface area (Å²) in [5, 5.41) is 2.51. The summed E-state index contributed by atoms with van der Waals surface area (Å²) >= 11 is 6.05. The Bertz CT molecular complexity index is 2070. The SMILES string of the molecule is Cc1cc(Cc2cccc(-c3cc4ccnc(-c5cc(C)cc(C)c5)c4s3)c2)cc(-c2nccc3cc(I)sc23)c1. The predicted octanol–water partition coefficient (Wildman–Crippen LogP) is 11.0. The molecule has 0 aliphatic carbocycles. The van der Waals surface area contributed by atoms with Crippen LogP contribution in [0.5, 0.6) is 0 Å². The Morgan fingerprint density at radius 2 is 1.20 bits per heavy atom. The molecule has 3 aromatic carbocycles. The van der Waals surface area contributed by atoms with Crippen molar-refractivity contribution < 1.29 is 0 Å². The maximum atomic E-state index is 4.81. The number of thiophene rings is 2. The normalized spacial score (nSPS) is 11.5. The molecule has 5 heteroatoms. The van der Waals surface area contributed by atoms with Crippen LogP contribution in [0.4, 0.5) is 0 Å². The van der Waals surface area contributed by atoms with Crippen molar-refractivity contribution in [2.45, 2.75) is 27.2 Å². The molecule has 0 unspecified atom stereocenters. The molecule has 0 bridgehead atoms. The van der Waals surface area contributed by atoms with Crippen molar-refractivity contribution in [2.24, 2.45) is 0 Å². The van der Waals surface area contributed by atoms with Crippen molar-refractivity contribution in [1.82, 2.24) is 9.97 Å². The molecule has 0 spiro atoms. The van der Waals surface area contributed by atoms with E-state index in [-0.39, 0.29) is 0 Å². The molecule has 0 aliphatic rings. The number of nitrogens with zero attached hydrogens (tertiary/aromatic N) is 2. The van der Waals surface area contributed by atoms with Crippen LogP contribution in [0, 0.1) is 23.7 Å². The zero-order valence-electron chi connectivity index (χ0n) is 23.0. The monoisotopic (exact) mass is 678 g/mol. The molecule has 0 fully saturated rings.